The van der Waals surface area contributed by atoms with Gasteiger partial charge in [-0.15, -0.1) is 0 Å². The molecule has 0 saturated carbocycles. The molecular formula is C12H19N3O2. The topological polar surface area (TPSA) is 70.2 Å². The number of nitrogens with zero attached hydrogens (tertiary/aromatic N) is 2. The van der Waals surface area contributed by atoms with Crippen molar-refractivity contribution in [3.05, 3.63) is 23.0 Å². The van der Waals surface area contributed by atoms with Crippen LogP contribution in [0.2, 0.25) is 0 Å². The Labute approximate surface area is 102 Å². The van der Waals surface area contributed by atoms with E-state index in [2.05, 4.69) is 11.4 Å². The van der Waals surface area contributed by atoms with Gasteiger partial charge in [0.05, 0.1) is 19.8 Å². The zero-order valence-electron chi connectivity index (χ0n) is 10.4. The molecule has 0 radical (unpaired) electrons. The first-order chi connectivity index (χ1) is 8.20. The maximum atomic E-state index is 8.89. The highest BCUT2D eigenvalue weighted by Crippen LogP contribution is 2.12. The fourth-order valence-electron chi connectivity index (χ4n) is 1.58. The van der Waals surface area contributed by atoms with Gasteiger partial charge in [0.1, 0.15) is 11.8 Å². The summed E-state index contributed by atoms with van der Waals surface area (Å²) in [7, 11) is 1.89. The third-order valence-electron chi connectivity index (χ3n) is 2.73. The number of nitrogens with one attached hydrogen (secondary N) is 1. The lowest BCUT2D eigenvalue weighted by Gasteiger charge is -2.05. The van der Waals surface area contributed by atoms with Crippen LogP contribution in [0.1, 0.15) is 17.0 Å². The summed E-state index contributed by atoms with van der Waals surface area (Å²) in [5.41, 5.74) is 2.91. The van der Waals surface area contributed by atoms with E-state index in [9.17, 15) is 0 Å². The quantitative estimate of drug-likeness (QED) is 0.669. The molecule has 0 aromatic carbocycles. The van der Waals surface area contributed by atoms with Crippen molar-refractivity contribution in [1.29, 1.82) is 5.26 Å². The van der Waals surface area contributed by atoms with Crippen molar-refractivity contribution < 1.29 is 9.84 Å². The number of ether oxygens (including phenoxy) is 1. The van der Waals surface area contributed by atoms with Crippen LogP contribution < -0.4 is 5.32 Å². The van der Waals surface area contributed by atoms with Crippen molar-refractivity contribution in [3.8, 4) is 6.07 Å². The van der Waals surface area contributed by atoms with E-state index in [1.807, 2.05) is 24.6 Å². The van der Waals surface area contributed by atoms with Gasteiger partial charge in [0, 0.05) is 25.8 Å². The molecule has 0 bridgehead atoms. The second kappa shape index (κ2) is 7.07. The van der Waals surface area contributed by atoms with Crippen LogP contribution in [-0.4, -0.2) is 36.0 Å². The van der Waals surface area contributed by atoms with Crippen molar-refractivity contribution in [2.45, 2.75) is 13.5 Å². The third kappa shape index (κ3) is 3.86. The number of aliphatic hydroxyl groups excluding tert-OH is 1. The SMILES string of the molecule is Cc1c(CNCCOCCO)cc(C#N)n1C. The smallest absolute Gasteiger partial charge is 0.120 e. The largest absolute Gasteiger partial charge is 0.394 e. The highest BCUT2D eigenvalue weighted by molar-refractivity contribution is 5.33. The van der Waals surface area contributed by atoms with E-state index < -0.39 is 0 Å². The predicted octanol–water partition coefficient (Wildman–Crippen LogP) is 0.304. The summed E-state index contributed by atoms with van der Waals surface area (Å²) >= 11 is 0. The lowest BCUT2D eigenvalue weighted by Crippen LogP contribution is -2.20. The van der Waals surface area contributed by atoms with Gasteiger partial charge in [0.25, 0.3) is 0 Å². The zero-order valence-corrected chi connectivity index (χ0v) is 10.4. The molecule has 0 fully saturated rings. The van der Waals surface area contributed by atoms with Crippen molar-refractivity contribution in [3.63, 3.8) is 0 Å². The molecule has 5 heteroatoms. The zero-order chi connectivity index (χ0) is 12.7. The summed E-state index contributed by atoms with van der Waals surface area (Å²) < 4.78 is 7.02. The van der Waals surface area contributed by atoms with E-state index in [0.717, 1.165) is 24.3 Å². The average Bonchev–Trinajstić information content (AvgIpc) is 2.61. The van der Waals surface area contributed by atoms with Crippen LogP contribution in [0.4, 0.5) is 0 Å². The van der Waals surface area contributed by atoms with Crippen molar-refractivity contribution in [1.82, 2.24) is 9.88 Å². The molecule has 0 aliphatic carbocycles. The summed E-state index contributed by atoms with van der Waals surface area (Å²) in [6, 6.07) is 4.06. The Morgan fingerprint density at radius 1 is 1.53 bits per heavy atom. The number of aromatic nitrogens is 1. The number of aliphatic hydroxyl groups is 1. The van der Waals surface area contributed by atoms with Crippen LogP contribution in [0.15, 0.2) is 6.07 Å². The van der Waals surface area contributed by atoms with Crippen LogP contribution in [0.3, 0.4) is 0 Å². The van der Waals surface area contributed by atoms with Crippen LogP contribution in [-0.2, 0) is 18.3 Å². The van der Waals surface area contributed by atoms with Gasteiger partial charge < -0.3 is 19.7 Å². The Hall–Kier alpha value is -1.35. The molecular weight excluding hydrogens is 218 g/mol. The van der Waals surface area contributed by atoms with Crippen LogP contribution >= 0.6 is 0 Å². The molecule has 0 saturated heterocycles. The van der Waals surface area contributed by atoms with Gasteiger partial charge in [-0.25, -0.2) is 0 Å². The fraction of sp³-hybridized carbons (Fsp3) is 0.583. The van der Waals surface area contributed by atoms with Crippen molar-refractivity contribution in [2.24, 2.45) is 7.05 Å². The summed E-state index contributed by atoms with van der Waals surface area (Å²) in [6.07, 6.45) is 0. The average molecular weight is 237 g/mol. The van der Waals surface area contributed by atoms with Crippen molar-refractivity contribution in [2.75, 3.05) is 26.4 Å². The maximum absolute atomic E-state index is 8.89. The van der Waals surface area contributed by atoms with E-state index in [0.29, 0.717) is 18.9 Å². The Kier molecular flexibility index (Phi) is 5.70. The molecule has 1 rings (SSSR count). The van der Waals surface area contributed by atoms with Gasteiger partial charge in [0.15, 0.2) is 0 Å². The minimum Gasteiger partial charge on any atom is -0.394 e. The highest BCUT2D eigenvalue weighted by atomic mass is 16.5. The van der Waals surface area contributed by atoms with Gasteiger partial charge in [-0.05, 0) is 18.6 Å². The maximum Gasteiger partial charge on any atom is 0.120 e. The summed E-state index contributed by atoms with van der Waals surface area (Å²) in [5, 5.41) is 20.6. The molecule has 0 spiro atoms. The molecule has 5 nitrogen and oxygen atoms in total. The monoisotopic (exact) mass is 237 g/mol. The van der Waals surface area contributed by atoms with Gasteiger partial charge in [-0.1, -0.05) is 0 Å². The third-order valence-corrected chi connectivity index (χ3v) is 2.73. The second-order valence-corrected chi connectivity index (χ2v) is 3.82. The van der Waals surface area contributed by atoms with Crippen LogP contribution in [0.25, 0.3) is 0 Å². The molecule has 1 aromatic rings. The minimum absolute atomic E-state index is 0.0589. The lowest BCUT2D eigenvalue weighted by atomic mass is 10.2. The molecule has 17 heavy (non-hydrogen) atoms. The first-order valence-electron chi connectivity index (χ1n) is 5.65. The molecule has 0 atom stereocenters. The molecule has 1 aromatic heterocycles. The van der Waals surface area contributed by atoms with E-state index in [1.165, 1.54) is 0 Å². The van der Waals surface area contributed by atoms with Crippen LogP contribution in [0, 0.1) is 18.3 Å². The second-order valence-electron chi connectivity index (χ2n) is 3.82. The molecule has 94 valence electrons. The molecule has 0 aliphatic rings. The van der Waals surface area contributed by atoms with E-state index in [-0.39, 0.29) is 6.61 Å². The fourth-order valence-corrected chi connectivity index (χ4v) is 1.58. The van der Waals surface area contributed by atoms with Gasteiger partial charge in [0.2, 0.25) is 0 Å². The summed E-state index contributed by atoms with van der Waals surface area (Å²) in [4.78, 5) is 0. The molecule has 1 heterocycles. The normalized spacial score (nSPS) is 10.5. The van der Waals surface area contributed by atoms with Gasteiger partial charge in [-0.3, -0.25) is 0 Å². The minimum atomic E-state index is 0.0589. The Morgan fingerprint density at radius 3 is 2.88 bits per heavy atom. The van der Waals surface area contributed by atoms with Crippen LogP contribution in [0.5, 0.6) is 0 Å². The number of hydrogen-bond donors (Lipinski definition) is 2. The molecule has 0 unspecified atom stereocenters. The number of nitriles is 1. The highest BCUT2D eigenvalue weighted by Gasteiger charge is 2.07. The van der Waals surface area contributed by atoms with Gasteiger partial charge >= 0.3 is 0 Å². The number of rotatable bonds is 7. The van der Waals surface area contributed by atoms with Gasteiger partial charge in [-0.2, -0.15) is 5.26 Å². The Balaban J connectivity index is 2.35. The first-order valence-corrected chi connectivity index (χ1v) is 5.65. The Bertz CT molecular complexity index is 393. The molecule has 0 amide bonds. The Morgan fingerprint density at radius 2 is 2.29 bits per heavy atom. The van der Waals surface area contributed by atoms with E-state index >= 15 is 0 Å². The lowest BCUT2D eigenvalue weighted by molar-refractivity contribution is 0.0938. The molecule has 0 aliphatic heterocycles. The summed E-state index contributed by atoms with van der Waals surface area (Å²) in [5.74, 6) is 0. The predicted molar refractivity (Wildman–Crippen MR) is 64.5 cm³/mol. The standard InChI is InChI=1S/C12H19N3O2/c1-10-11(7-12(8-13)15(10)2)9-14-3-5-17-6-4-16/h7,14,16H,3-6,9H2,1-2H3. The first kappa shape index (κ1) is 13.7. The number of hydrogen-bond acceptors (Lipinski definition) is 4. The van der Waals surface area contributed by atoms with Crippen molar-refractivity contribution >= 4 is 0 Å². The molecule has 2 N–H and O–H groups in total. The van der Waals surface area contributed by atoms with E-state index in [1.54, 1.807) is 0 Å². The van der Waals surface area contributed by atoms with E-state index in [4.69, 9.17) is 15.1 Å². The summed E-state index contributed by atoms with van der Waals surface area (Å²) in [6.45, 7) is 4.48.